The van der Waals surface area contributed by atoms with E-state index in [1.807, 2.05) is 0 Å². The van der Waals surface area contributed by atoms with Gasteiger partial charge in [-0.1, -0.05) is 13.8 Å². The highest BCUT2D eigenvalue weighted by molar-refractivity contribution is 5.94. The SMILES string of the molecule is CC1CCC(Nc2ccc(F)c(C(N)=O)c2)C(C)C1. The number of amides is 1. The summed E-state index contributed by atoms with van der Waals surface area (Å²) in [6.07, 6.45) is 3.50. The Balaban J connectivity index is 2.11. The minimum Gasteiger partial charge on any atom is -0.382 e. The summed E-state index contributed by atoms with van der Waals surface area (Å²) in [6.45, 7) is 4.50. The number of halogens is 1. The first-order chi connectivity index (χ1) is 8.97. The van der Waals surface area contributed by atoms with Gasteiger partial charge in [-0.15, -0.1) is 0 Å². The molecule has 4 heteroatoms. The van der Waals surface area contributed by atoms with Crippen LogP contribution in [0.25, 0.3) is 0 Å². The van der Waals surface area contributed by atoms with Gasteiger partial charge in [0.1, 0.15) is 5.82 Å². The molecule has 1 aliphatic rings. The number of carbonyl (C=O) groups excluding carboxylic acids is 1. The number of nitrogens with one attached hydrogen (secondary N) is 1. The monoisotopic (exact) mass is 264 g/mol. The minimum atomic E-state index is -0.730. The third-order valence-corrected chi connectivity index (χ3v) is 4.02. The molecule has 0 saturated heterocycles. The third kappa shape index (κ3) is 3.25. The smallest absolute Gasteiger partial charge is 0.251 e. The largest absolute Gasteiger partial charge is 0.382 e. The number of nitrogens with two attached hydrogens (primary N) is 1. The molecule has 0 aromatic heterocycles. The molecule has 19 heavy (non-hydrogen) atoms. The summed E-state index contributed by atoms with van der Waals surface area (Å²) in [5, 5.41) is 3.40. The maximum Gasteiger partial charge on any atom is 0.251 e. The van der Waals surface area contributed by atoms with E-state index in [2.05, 4.69) is 19.2 Å². The predicted octanol–water partition coefficient (Wildman–Crippen LogP) is 3.16. The molecule has 0 spiro atoms. The molecule has 2 rings (SSSR count). The second kappa shape index (κ2) is 5.59. The van der Waals surface area contributed by atoms with Crippen molar-refractivity contribution in [2.75, 3.05) is 5.32 Å². The van der Waals surface area contributed by atoms with Crippen molar-refractivity contribution in [3.63, 3.8) is 0 Å². The van der Waals surface area contributed by atoms with Crippen LogP contribution >= 0.6 is 0 Å². The zero-order valence-corrected chi connectivity index (χ0v) is 11.4. The van der Waals surface area contributed by atoms with Crippen molar-refractivity contribution in [3.05, 3.63) is 29.6 Å². The standard InChI is InChI=1S/C15H21FN2O/c1-9-3-6-14(10(2)7-9)18-11-4-5-13(16)12(8-11)15(17)19/h4-5,8-10,14,18H,3,6-7H2,1-2H3,(H2,17,19). The van der Waals surface area contributed by atoms with Crippen LogP contribution in [0.5, 0.6) is 0 Å². The molecule has 1 fully saturated rings. The van der Waals surface area contributed by atoms with Crippen LogP contribution in [0.4, 0.5) is 10.1 Å². The van der Waals surface area contributed by atoms with E-state index in [4.69, 9.17) is 5.73 Å². The number of benzene rings is 1. The summed E-state index contributed by atoms with van der Waals surface area (Å²) in [7, 11) is 0. The summed E-state index contributed by atoms with van der Waals surface area (Å²) >= 11 is 0. The lowest BCUT2D eigenvalue weighted by molar-refractivity contribution is 0.0996. The van der Waals surface area contributed by atoms with Gasteiger partial charge in [0.15, 0.2) is 0 Å². The Bertz CT molecular complexity index is 475. The van der Waals surface area contributed by atoms with E-state index in [0.29, 0.717) is 12.0 Å². The molecule has 104 valence electrons. The number of rotatable bonds is 3. The lowest BCUT2D eigenvalue weighted by Crippen LogP contribution is -2.33. The Labute approximate surface area is 113 Å². The molecular formula is C15H21FN2O. The Morgan fingerprint density at radius 2 is 2.11 bits per heavy atom. The van der Waals surface area contributed by atoms with Crippen molar-refractivity contribution < 1.29 is 9.18 Å². The highest BCUT2D eigenvalue weighted by Gasteiger charge is 2.25. The second-order valence-corrected chi connectivity index (χ2v) is 5.71. The number of primary amides is 1. The van der Waals surface area contributed by atoms with Crippen molar-refractivity contribution in [1.29, 1.82) is 0 Å². The van der Waals surface area contributed by atoms with Crippen molar-refractivity contribution in [2.24, 2.45) is 17.6 Å². The van der Waals surface area contributed by atoms with Crippen LogP contribution in [0, 0.1) is 17.7 Å². The van der Waals surface area contributed by atoms with Gasteiger partial charge >= 0.3 is 0 Å². The molecule has 3 atom stereocenters. The van der Waals surface area contributed by atoms with Gasteiger partial charge in [-0.2, -0.15) is 0 Å². The molecule has 3 nitrogen and oxygen atoms in total. The van der Waals surface area contributed by atoms with E-state index in [1.165, 1.54) is 25.0 Å². The molecule has 1 amide bonds. The van der Waals surface area contributed by atoms with Crippen molar-refractivity contribution >= 4 is 11.6 Å². The van der Waals surface area contributed by atoms with Crippen LogP contribution in [0.15, 0.2) is 18.2 Å². The van der Waals surface area contributed by atoms with Gasteiger partial charge < -0.3 is 11.1 Å². The Kier molecular flexibility index (Phi) is 4.08. The summed E-state index contributed by atoms with van der Waals surface area (Å²) in [6, 6.07) is 4.83. The fourth-order valence-corrected chi connectivity index (χ4v) is 2.90. The van der Waals surface area contributed by atoms with E-state index >= 15 is 0 Å². The zero-order chi connectivity index (χ0) is 14.0. The average Bonchev–Trinajstić information content (AvgIpc) is 2.34. The quantitative estimate of drug-likeness (QED) is 0.881. The van der Waals surface area contributed by atoms with Gasteiger partial charge in [-0.25, -0.2) is 4.39 Å². The molecule has 1 aliphatic carbocycles. The lowest BCUT2D eigenvalue weighted by Gasteiger charge is -2.33. The summed E-state index contributed by atoms with van der Waals surface area (Å²) in [5.74, 6) is 0.0445. The zero-order valence-electron chi connectivity index (χ0n) is 11.4. The minimum absolute atomic E-state index is 0.0539. The molecule has 0 aliphatic heterocycles. The van der Waals surface area contributed by atoms with E-state index in [9.17, 15) is 9.18 Å². The van der Waals surface area contributed by atoms with Gasteiger partial charge in [0.2, 0.25) is 0 Å². The Hall–Kier alpha value is -1.58. The Morgan fingerprint density at radius 1 is 1.37 bits per heavy atom. The molecule has 1 aromatic carbocycles. The number of hydrogen-bond acceptors (Lipinski definition) is 2. The molecule has 1 aromatic rings. The number of anilines is 1. The van der Waals surface area contributed by atoms with E-state index < -0.39 is 11.7 Å². The Morgan fingerprint density at radius 3 is 2.74 bits per heavy atom. The van der Waals surface area contributed by atoms with Crippen molar-refractivity contribution in [2.45, 2.75) is 39.2 Å². The van der Waals surface area contributed by atoms with Gasteiger partial charge in [0.05, 0.1) is 5.56 Å². The maximum absolute atomic E-state index is 13.4. The van der Waals surface area contributed by atoms with Crippen LogP contribution in [0.2, 0.25) is 0 Å². The van der Waals surface area contributed by atoms with Gasteiger partial charge in [-0.3, -0.25) is 4.79 Å². The highest BCUT2D eigenvalue weighted by Crippen LogP contribution is 2.31. The molecular weight excluding hydrogens is 243 g/mol. The molecule has 0 bridgehead atoms. The maximum atomic E-state index is 13.4. The normalized spacial score (nSPS) is 27.0. The number of hydrogen-bond donors (Lipinski definition) is 2. The molecule has 3 N–H and O–H groups in total. The summed E-state index contributed by atoms with van der Waals surface area (Å²) in [4.78, 5) is 11.1. The molecule has 0 heterocycles. The molecule has 1 saturated carbocycles. The first-order valence-corrected chi connectivity index (χ1v) is 6.83. The van der Waals surface area contributed by atoms with Crippen LogP contribution < -0.4 is 11.1 Å². The topological polar surface area (TPSA) is 55.1 Å². The first kappa shape index (κ1) is 13.8. The van der Waals surface area contributed by atoms with Crippen LogP contribution in [-0.4, -0.2) is 11.9 Å². The highest BCUT2D eigenvalue weighted by atomic mass is 19.1. The van der Waals surface area contributed by atoms with Crippen molar-refractivity contribution in [1.82, 2.24) is 0 Å². The fraction of sp³-hybridized carbons (Fsp3) is 0.533. The van der Waals surface area contributed by atoms with Gasteiger partial charge in [-0.05, 0) is 49.3 Å². The van der Waals surface area contributed by atoms with E-state index in [0.717, 1.165) is 18.0 Å². The van der Waals surface area contributed by atoms with E-state index in [-0.39, 0.29) is 5.56 Å². The van der Waals surface area contributed by atoms with Crippen LogP contribution in [-0.2, 0) is 0 Å². The van der Waals surface area contributed by atoms with Gasteiger partial charge in [0.25, 0.3) is 5.91 Å². The third-order valence-electron chi connectivity index (χ3n) is 4.02. The summed E-state index contributed by atoms with van der Waals surface area (Å²) < 4.78 is 13.4. The van der Waals surface area contributed by atoms with Crippen LogP contribution in [0.3, 0.4) is 0 Å². The fourth-order valence-electron chi connectivity index (χ4n) is 2.90. The van der Waals surface area contributed by atoms with Crippen molar-refractivity contribution in [3.8, 4) is 0 Å². The first-order valence-electron chi connectivity index (χ1n) is 6.83. The summed E-state index contributed by atoms with van der Waals surface area (Å²) in [5.41, 5.74) is 5.87. The second-order valence-electron chi connectivity index (χ2n) is 5.71. The molecule has 3 unspecified atom stereocenters. The average molecular weight is 264 g/mol. The van der Waals surface area contributed by atoms with E-state index in [1.54, 1.807) is 6.07 Å². The van der Waals surface area contributed by atoms with Crippen LogP contribution in [0.1, 0.15) is 43.5 Å². The predicted molar refractivity (Wildman–Crippen MR) is 74.5 cm³/mol. The number of carbonyl (C=O) groups is 1. The lowest BCUT2D eigenvalue weighted by atomic mass is 9.80. The molecule has 0 radical (unpaired) electrons. The van der Waals surface area contributed by atoms with Gasteiger partial charge in [0, 0.05) is 11.7 Å².